The normalized spacial score (nSPS) is 10.9. The van der Waals surface area contributed by atoms with Crippen molar-refractivity contribution in [3.63, 3.8) is 0 Å². The number of rotatable bonds is 5. The Labute approximate surface area is 138 Å². The van der Waals surface area contributed by atoms with Crippen LogP contribution < -0.4 is 10.9 Å². The Morgan fingerprint density at radius 2 is 2.08 bits per heavy atom. The Kier molecular flexibility index (Phi) is 4.41. The highest BCUT2D eigenvalue weighted by atomic mass is 16.5. The number of fused-ring (bicyclic) bond motifs is 1. The Hall–Kier alpha value is -2.96. The van der Waals surface area contributed by atoms with Crippen molar-refractivity contribution >= 4 is 16.8 Å². The van der Waals surface area contributed by atoms with E-state index in [1.54, 1.807) is 17.6 Å². The van der Waals surface area contributed by atoms with E-state index in [9.17, 15) is 9.59 Å². The maximum absolute atomic E-state index is 12.2. The number of pyridine rings is 1. The van der Waals surface area contributed by atoms with Gasteiger partial charge in [-0.15, -0.1) is 0 Å². The zero-order valence-corrected chi connectivity index (χ0v) is 13.6. The van der Waals surface area contributed by atoms with Gasteiger partial charge in [0.2, 0.25) is 11.8 Å². The van der Waals surface area contributed by atoms with Gasteiger partial charge in [-0.2, -0.15) is 4.98 Å². The van der Waals surface area contributed by atoms with Gasteiger partial charge < -0.3 is 14.4 Å². The summed E-state index contributed by atoms with van der Waals surface area (Å²) in [6, 6.07) is 9.28. The van der Waals surface area contributed by atoms with Crippen molar-refractivity contribution in [2.24, 2.45) is 0 Å². The van der Waals surface area contributed by atoms with Crippen LogP contribution in [0.25, 0.3) is 10.9 Å². The first-order valence-electron chi connectivity index (χ1n) is 7.69. The Morgan fingerprint density at radius 3 is 2.83 bits per heavy atom. The van der Waals surface area contributed by atoms with Gasteiger partial charge in [-0.05, 0) is 18.6 Å². The monoisotopic (exact) mass is 326 g/mol. The molecule has 0 saturated heterocycles. The van der Waals surface area contributed by atoms with E-state index in [1.807, 2.05) is 31.2 Å². The van der Waals surface area contributed by atoms with Gasteiger partial charge in [-0.1, -0.05) is 23.4 Å². The molecule has 0 spiro atoms. The number of benzene rings is 1. The first-order chi connectivity index (χ1) is 11.5. The average Bonchev–Trinajstić information content (AvgIpc) is 2.98. The lowest BCUT2D eigenvalue weighted by Gasteiger charge is -2.11. The molecule has 0 radical (unpaired) electrons. The van der Waals surface area contributed by atoms with Crippen molar-refractivity contribution in [3.05, 3.63) is 58.0 Å². The number of aryl methyl sites for hydroxylation is 3. The summed E-state index contributed by atoms with van der Waals surface area (Å²) in [7, 11) is 0. The number of para-hydroxylation sites is 1. The van der Waals surface area contributed by atoms with E-state index >= 15 is 0 Å². The molecule has 1 aromatic carbocycles. The third-order valence-electron chi connectivity index (χ3n) is 3.80. The molecule has 0 unspecified atom stereocenters. The summed E-state index contributed by atoms with van der Waals surface area (Å²) in [4.78, 5) is 28.3. The molecule has 7 heteroatoms. The Balaban J connectivity index is 1.69. The van der Waals surface area contributed by atoms with E-state index in [0.29, 0.717) is 18.3 Å². The summed E-state index contributed by atoms with van der Waals surface area (Å²) < 4.78 is 6.47. The van der Waals surface area contributed by atoms with Crippen LogP contribution in [-0.4, -0.2) is 20.6 Å². The second-order valence-corrected chi connectivity index (χ2v) is 5.59. The highest BCUT2D eigenvalue weighted by Gasteiger charge is 2.09. The molecule has 0 aliphatic rings. The van der Waals surface area contributed by atoms with Crippen molar-refractivity contribution in [2.75, 3.05) is 0 Å². The molecular formula is C17H18N4O3. The molecule has 1 N–H and O–H groups in total. The van der Waals surface area contributed by atoms with Gasteiger partial charge in [0.25, 0.3) is 5.56 Å². The molecule has 0 aliphatic heterocycles. The number of nitrogens with one attached hydrogen (secondary N) is 1. The molecule has 2 heterocycles. The highest BCUT2D eigenvalue weighted by molar-refractivity contribution is 5.82. The lowest BCUT2D eigenvalue weighted by Crippen LogP contribution is -2.27. The second-order valence-electron chi connectivity index (χ2n) is 5.59. The van der Waals surface area contributed by atoms with Crippen LogP contribution in [0.4, 0.5) is 0 Å². The lowest BCUT2D eigenvalue weighted by atomic mass is 10.1. The van der Waals surface area contributed by atoms with Gasteiger partial charge in [0.15, 0.2) is 5.82 Å². The number of nitrogens with zero attached hydrogens (tertiary/aromatic N) is 3. The van der Waals surface area contributed by atoms with Crippen molar-refractivity contribution in [2.45, 2.75) is 33.4 Å². The van der Waals surface area contributed by atoms with E-state index in [1.165, 1.54) is 0 Å². The van der Waals surface area contributed by atoms with Crippen LogP contribution in [0.1, 0.15) is 23.7 Å². The fraction of sp³-hybridized carbons (Fsp3) is 0.294. The lowest BCUT2D eigenvalue weighted by molar-refractivity contribution is -0.121. The fourth-order valence-corrected chi connectivity index (χ4v) is 2.63. The number of carbonyl (C=O) groups excluding carboxylic acids is 1. The standard InChI is InChI=1S/C17H18N4O3/c1-11-9-17(23)21(14-6-4-3-5-13(11)14)8-7-16(22)18-10-15-19-12(2)24-20-15/h3-6,9H,7-8,10H2,1-2H3,(H,18,22). The number of amides is 1. The van der Waals surface area contributed by atoms with Crippen LogP contribution in [-0.2, 0) is 17.9 Å². The van der Waals surface area contributed by atoms with Gasteiger partial charge in [0, 0.05) is 31.3 Å². The molecule has 24 heavy (non-hydrogen) atoms. The number of hydrogen-bond acceptors (Lipinski definition) is 5. The van der Waals surface area contributed by atoms with Crippen LogP contribution in [0.15, 0.2) is 39.6 Å². The molecule has 0 saturated carbocycles. The maximum Gasteiger partial charge on any atom is 0.251 e. The third-order valence-corrected chi connectivity index (χ3v) is 3.80. The third kappa shape index (κ3) is 3.34. The highest BCUT2D eigenvalue weighted by Crippen LogP contribution is 2.16. The van der Waals surface area contributed by atoms with Gasteiger partial charge >= 0.3 is 0 Å². The van der Waals surface area contributed by atoms with E-state index in [2.05, 4.69) is 15.5 Å². The van der Waals surface area contributed by atoms with Gasteiger partial charge in [0.1, 0.15) is 0 Å². The van der Waals surface area contributed by atoms with Crippen LogP contribution in [0.5, 0.6) is 0 Å². The van der Waals surface area contributed by atoms with Crippen LogP contribution in [0.3, 0.4) is 0 Å². The van der Waals surface area contributed by atoms with E-state index in [0.717, 1.165) is 16.5 Å². The first-order valence-corrected chi connectivity index (χ1v) is 7.69. The maximum atomic E-state index is 12.2. The predicted molar refractivity (Wildman–Crippen MR) is 88.4 cm³/mol. The smallest absolute Gasteiger partial charge is 0.251 e. The van der Waals surface area contributed by atoms with Gasteiger partial charge in [0.05, 0.1) is 12.1 Å². The summed E-state index contributed by atoms with van der Waals surface area (Å²) in [6.07, 6.45) is 0.198. The van der Waals surface area contributed by atoms with Crippen molar-refractivity contribution in [1.29, 1.82) is 0 Å². The van der Waals surface area contributed by atoms with E-state index in [4.69, 9.17) is 4.52 Å². The minimum absolute atomic E-state index is 0.104. The van der Waals surface area contributed by atoms with E-state index in [-0.39, 0.29) is 24.4 Å². The molecule has 3 rings (SSSR count). The topological polar surface area (TPSA) is 90.0 Å². The van der Waals surface area contributed by atoms with Crippen molar-refractivity contribution in [1.82, 2.24) is 20.0 Å². The number of aromatic nitrogens is 3. The molecule has 0 aliphatic carbocycles. The van der Waals surface area contributed by atoms with Crippen LogP contribution in [0, 0.1) is 13.8 Å². The average molecular weight is 326 g/mol. The Bertz CT molecular complexity index is 942. The number of hydrogen-bond donors (Lipinski definition) is 1. The zero-order chi connectivity index (χ0) is 17.1. The largest absolute Gasteiger partial charge is 0.349 e. The van der Waals surface area contributed by atoms with Crippen molar-refractivity contribution < 1.29 is 9.32 Å². The molecule has 7 nitrogen and oxygen atoms in total. The molecule has 1 amide bonds. The molecule has 2 aromatic heterocycles. The quantitative estimate of drug-likeness (QED) is 0.771. The summed E-state index contributed by atoms with van der Waals surface area (Å²) in [5.74, 6) is 0.713. The van der Waals surface area contributed by atoms with Crippen LogP contribution >= 0.6 is 0 Å². The van der Waals surface area contributed by atoms with Gasteiger partial charge in [-0.25, -0.2) is 0 Å². The minimum atomic E-state index is -0.172. The molecular weight excluding hydrogens is 308 g/mol. The molecule has 124 valence electrons. The Morgan fingerprint density at radius 1 is 1.29 bits per heavy atom. The summed E-state index contributed by atoms with van der Waals surface area (Å²) in [6.45, 7) is 4.12. The SMILES string of the molecule is Cc1nc(CNC(=O)CCn2c(=O)cc(C)c3ccccc32)no1. The summed E-state index contributed by atoms with van der Waals surface area (Å²) in [5.41, 5.74) is 1.67. The first kappa shape index (κ1) is 15.9. The summed E-state index contributed by atoms with van der Waals surface area (Å²) >= 11 is 0. The summed E-state index contributed by atoms with van der Waals surface area (Å²) in [5, 5.41) is 7.45. The number of carbonyl (C=O) groups is 1. The van der Waals surface area contributed by atoms with E-state index < -0.39 is 0 Å². The predicted octanol–water partition coefficient (Wildman–Crippen LogP) is 1.71. The van der Waals surface area contributed by atoms with Crippen molar-refractivity contribution in [3.8, 4) is 0 Å². The molecule has 3 aromatic rings. The fourth-order valence-electron chi connectivity index (χ4n) is 2.63. The molecule has 0 fully saturated rings. The zero-order valence-electron chi connectivity index (χ0n) is 13.6. The molecule has 0 bridgehead atoms. The second kappa shape index (κ2) is 6.66. The molecule has 0 atom stereocenters. The van der Waals surface area contributed by atoms with Crippen LogP contribution in [0.2, 0.25) is 0 Å². The minimum Gasteiger partial charge on any atom is -0.349 e. The van der Waals surface area contributed by atoms with Gasteiger partial charge in [-0.3, -0.25) is 9.59 Å².